The summed E-state index contributed by atoms with van der Waals surface area (Å²) in [6.07, 6.45) is 1.06. The fourth-order valence-electron chi connectivity index (χ4n) is 1.50. The normalized spacial score (nSPS) is 21.0. The van der Waals surface area contributed by atoms with Crippen molar-refractivity contribution >= 4 is 0 Å². The monoisotopic (exact) mass is 172 g/mol. The highest BCUT2D eigenvalue weighted by Crippen LogP contribution is 2.05. The highest BCUT2D eigenvalue weighted by Gasteiger charge is 2.20. The van der Waals surface area contributed by atoms with Crippen LogP contribution in [0.5, 0.6) is 0 Å². The molecule has 1 atom stereocenters. The summed E-state index contributed by atoms with van der Waals surface area (Å²) in [5.41, 5.74) is 0. The molecule has 0 saturated carbocycles. The van der Waals surface area contributed by atoms with Crippen molar-refractivity contribution in [2.45, 2.75) is 32.4 Å². The Morgan fingerprint density at radius 3 is 2.50 bits per heavy atom. The maximum Gasteiger partial charge on any atom is 0.0584 e. The number of hydrogen-bond donors (Lipinski definition) is 3. The van der Waals surface area contributed by atoms with Crippen LogP contribution in [0.25, 0.3) is 0 Å². The molecular formula is C9H20N2O. The lowest BCUT2D eigenvalue weighted by atomic mass is 10.0. The fourth-order valence-corrected chi connectivity index (χ4v) is 1.50. The van der Waals surface area contributed by atoms with Crippen LogP contribution in [0.4, 0.5) is 0 Å². The van der Waals surface area contributed by atoms with E-state index < -0.39 is 0 Å². The number of nitrogens with one attached hydrogen (secondary N) is 2. The second-order valence-corrected chi connectivity index (χ2v) is 4.03. The number of rotatable bonds is 5. The zero-order chi connectivity index (χ0) is 8.97. The molecule has 0 aromatic carbocycles. The van der Waals surface area contributed by atoms with Crippen molar-refractivity contribution in [1.29, 1.82) is 0 Å². The van der Waals surface area contributed by atoms with Gasteiger partial charge in [0.2, 0.25) is 0 Å². The molecule has 1 saturated heterocycles. The van der Waals surface area contributed by atoms with Crippen molar-refractivity contribution in [3.8, 4) is 0 Å². The maximum absolute atomic E-state index is 9.06. The van der Waals surface area contributed by atoms with Gasteiger partial charge in [0, 0.05) is 25.2 Å². The average molecular weight is 172 g/mol. The number of hydrogen-bond acceptors (Lipinski definition) is 3. The molecule has 3 N–H and O–H groups in total. The Kier molecular flexibility index (Phi) is 3.98. The van der Waals surface area contributed by atoms with Crippen LogP contribution >= 0.6 is 0 Å². The van der Waals surface area contributed by atoms with Crippen LogP contribution in [0, 0.1) is 5.92 Å². The third kappa shape index (κ3) is 3.09. The molecule has 1 aliphatic heterocycles. The molecule has 0 bridgehead atoms. The summed E-state index contributed by atoms with van der Waals surface area (Å²) in [6, 6.07) is 0.873. The van der Waals surface area contributed by atoms with Gasteiger partial charge in [-0.05, 0) is 12.3 Å². The maximum atomic E-state index is 9.06. The smallest absolute Gasteiger partial charge is 0.0584 e. The van der Waals surface area contributed by atoms with Gasteiger partial charge >= 0.3 is 0 Å². The van der Waals surface area contributed by atoms with Gasteiger partial charge < -0.3 is 15.7 Å². The fraction of sp³-hybridized carbons (Fsp3) is 1.00. The van der Waals surface area contributed by atoms with E-state index in [1.54, 1.807) is 0 Å². The van der Waals surface area contributed by atoms with E-state index in [2.05, 4.69) is 24.5 Å². The predicted molar refractivity (Wildman–Crippen MR) is 50.1 cm³/mol. The molecule has 12 heavy (non-hydrogen) atoms. The van der Waals surface area contributed by atoms with Crippen molar-refractivity contribution < 1.29 is 5.11 Å². The van der Waals surface area contributed by atoms with E-state index in [0.717, 1.165) is 19.5 Å². The molecule has 3 nitrogen and oxygen atoms in total. The Hall–Kier alpha value is -0.120. The summed E-state index contributed by atoms with van der Waals surface area (Å²) in [6.45, 7) is 6.73. The zero-order valence-corrected chi connectivity index (χ0v) is 8.01. The molecule has 72 valence electrons. The van der Waals surface area contributed by atoms with E-state index in [9.17, 15) is 0 Å². The van der Waals surface area contributed by atoms with Gasteiger partial charge in [-0.15, -0.1) is 0 Å². The second kappa shape index (κ2) is 4.80. The van der Waals surface area contributed by atoms with E-state index in [1.807, 2.05) is 0 Å². The first-order valence-corrected chi connectivity index (χ1v) is 4.80. The van der Waals surface area contributed by atoms with E-state index >= 15 is 0 Å². The van der Waals surface area contributed by atoms with Crippen LogP contribution in [0.1, 0.15) is 20.3 Å². The number of aliphatic hydroxyl groups excluding tert-OH is 1. The van der Waals surface area contributed by atoms with Crippen molar-refractivity contribution in [2.75, 3.05) is 19.7 Å². The van der Waals surface area contributed by atoms with Crippen LogP contribution in [0.15, 0.2) is 0 Å². The predicted octanol–water partition coefficient (Wildman–Crippen LogP) is -0.0452. The summed E-state index contributed by atoms with van der Waals surface area (Å²) >= 11 is 0. The molecule has 1 rings (SSSR count). The Morgan fingerprint density at radius 2 is 2.17 bits per heavy atom. The van der Waals surface area contributed by atoms with E-state index in [-0.39, 0.29) is 12.6 Å². The van der Waals surface area contributed by atoms with E-state index in [4.69, 9.17) is 5.11 Å². The first-order chi connectivity index (χ1) is 5.72. The third-order valence-corrected chi connectivity index (χ3v) is 2.23. The molecule has 1 fully saturated rings. The number of aliphatic hydroxyl groups is 1. The Morgan fingerprint density at radius 1 is 1.50 bits per heavy atom. The molecule has 3 heteroatoms. The second-order valence-electron chi connectivity index (χ2n) is 4.03. The molecule has 1 heterocycles. The minimum atomic E-state index is 0.259. The summed E-state index contributed by atoms with van der Waals surface area (Å²) in [7, 11) is 0. The van der Waals surface area contributed by atoms with Crippen molar-refractivity contribution in [3.05, 3.63) is 0 Å². The van der Waals surface area contributed by atoms with Gasteiger partial charge in [0.15, 0.2) is 0 Å². The first-order valence-electron chi connectivity index (χ1n) is 4.80. The average Bonchev–Trinajstić information content (AvgIpc) is 1.93. The largest absolute Gasteiger partial charge is 0.395 e. The molecule has 1 aliphatic rings. The van der Waals surface area contributed by atoms with Crippen molar-refractivity contribution in [3.63, 3.8) is 0 Å². The van der Waals surface area contributed by atoms with Crippen LogP contribution in [0.3, 0.4) is 0 Å². The molecule has 1 unspecified atom stereocenters. The van der Waals surface area contributed by atoms with E-state index in [0.29, 0.717) is 12.0 Å². The lowest BCUT2D eigenvalue weighted by Crippen LogP contribution is -2.58. The highest BCUT2D eigenvalue weighted by molar-refractivity contribution is 4.84. The van der Waals surface area contributed by atoms with Crippen molar-refractivity contribution in [2.24, 2.45) is 5.92 Å². The van der Waals surface area contributed by atoms with Gasteiger partial charge in [0.05, 0.1) is 6.61 Å². The van der Waals surface area contributed by atoms with Crippen LogP contribution in [0.2, 0.25) is 0 Å². The summed E-state index contributed by atoms with van der Waals surface area (Å²) in [5, 5.41) is 15.7. The third-order valence-electron chi connectivity index (χ3n) is 2.23. The zero-order valence-electron chi connectivity index (χ0n) is 8.01. The van der Waals surface area contributed by atoms with Gasteiger partial charge in [-0.1, -0.05) is 13.8 Å². The summed E-state index contributed by atoms with van der Waals surface area (Å²) < 4.78 is 0. The van der Waals surface area contributed by atoms with Gasteiger partial charge in [-0.3, -0.25) is 0 Å². The standard InChI is InChI=1S/C9H20N2O/c1-7(2)3-8(6-12)11-9-4-10-5-9/h7-12H,3-6H2,1-2H3. The minimum Gasteiger partial charge on any atom is -0.395 e. The quantitative estimate of drug-likeness (QED) is 0.545. The Bertz CT molecular complexity index is 124. The van der Waals surface area contributed by atoms with Crippen LogP contribution in [-0.4, -0.2) is 36.9 Å². The molecular weight excluding hydrogens is 152 g/mol. The topological polar surface area (TPSA) is 44.3 Å². The first kappa shape index (κ1) is 9.96. The summed E-state index contributed by atoms with van der Waals surface area (Å²) in [4.78, 5) is 0. The summed E-state index contributed by atoms with van der Waals surface area (Å²) in [5.74, 6) is 0.655. The molecule has 0 aromatic heterocycles. The minimum absolute atomic E-state index is 0.259. The van der Waals surface area contributed by atoms with Crippen molar-refractivity contribution in [1.82, 2.24) is 10.6 Å². The highest BCUT2D eigenvalue weighted by atomic mass is 16.3. The van der Waals surface area contributed by atoms with Gasteiger partial charge in [-0.2, -0.15) is 0 Å². The van der Waals surface area contributed by atoms with Gasteiger partial charge in [0.1, 0.15) is 0 Å². The van der Waals surface area contributed by atoms with Gasteiger partial charge in [-0.25, -0.2) is 0 Å². The molecule has 0 aromatic rings. The van der Waals surface area contributed by atoms with E-state index in [1.165, 1.54) is 0 Å². The van der Waals surface area contributed by atoms with Crippen LogP contribution in [-0.2, 0) is 0 Å². The molecule has 0 aliphatic carbocycles. The Balaban J connectivity index is 2.15. The molecule has 0 radical (unpaired) electrons. The SMILES string of the molecule is CC(C)CC(CO)NC1CNC1. The molecule has 0 amide bonds. The van der Waals surface area contributed by atoms with Crippen LogP contribution < -0.4 is 10.6 Å². The Labute approximate surface area is 74.5 Å². The lowest BCUT2D eigenvalue weighted by molar-refractivity contribution is 0.198. The van der Waals surface area contributed by atoms with Gasteiger partial charge in [0.25, 0.3) is 0 Å². The molecule has 0 spiro atoms. The lowest BCUT2D eigenvalue weighted by Gasteiger charge is -2.32.